The number of carbonyl (C=O) groups excluding carboxylic acids is 1. The highest BCUT2D eigenvalue weighted by Gasteiger charge is 2.33. The summed E-state index contributed by atoms with van der Waals surface area (Å²) in [4.78, 5) is 12.3. The van der Waals surface area contributed by atoms with Crippen molar-refractivity contribution in [2.75, 3.05) is 13.6 Å². The molecule has 1 fully saturated rings. The third-order valence-electron chi connectivity index (χ3n) is 5.35. The molecular formula is C18H26N2O. The lowest BCUT2D eigenvalue weighted by Gasteiger charge is -2.37. The van der Waals surface area contributed by atoms with Gasteiger partial charge in [0.25, 0.3) is 0 Å². The Morgan fingerprint density at radius 2 is 2.00 bits per heavy atom. The van der Waals surface area contributed by atoms with Gasteiger partial charge in [-0.1, -0.05) is 43.5 Å². The van der Waals surface area contributed by atoms with Crippen LogP contribution in [0, 0.1) is 0 Å². The molecule has 2 aliphatic rings. The minimum atomic E-state index is 0.0415. The molecule has 0 spiro atoms. The summed E-state index contributed by atoms with van der Waals surface area (Å²) in [6.45, 7) is 0.787. The van der Waals surface area contributed by atoms with Crippen LogP contribution >= 0.6 is 0 Å². The molecule has 21 heavy (non-hydrogen) atoms. The van der Waals surface area contributed by atoms with Gasteiger partial charge in [0, 0.05) is 24.4 Å². The topological polar surface area (TPSA) is 41.1 Å². The van der Waals surface area contributed by atoms with Gasteiger partial charge in [-0.3, -0.25) is 4.79 Å². The Morgan fingerprint density at radius 1 is 1.24 bits per heavy atom. The zero-order valence-electron chi connectivity index (χ0n) is 13.0. The van der Waals surface area contributed by atoms with Crippen molar-refractivity contribution in [2.45, 2.75) is 56.4 Å². The van der Waals surface area contributed by atoms with Gasteiger partial charge in [-0.05, 0) is 37.4 Å². The van der Waals surface area contributed by atoms with E-state index in [-0.39, 0.29) is 11.4 Å². The molecule has 114 valence electrons. The first-order valence-electron chi connectivity index (χ1n) is 8.26. The van der Waals surface area contributed by atoms with Gasteiger partial charge in [0.15, 0.2) is 0 Å². The summed E-state index contributed by atoms with van der Waals surface area (Å²) in [6, 6.07) is 8.55. The number of fused-ring (bicyclic) bond motifs is 1. The summed E-state index contributed by atoms with van der Waals surface area (Å²) in [7, 11) is 2.00. The Morgan fingerprint density at radius 3 is 2.71 bits per heavy atom. The number of rotatable bonds is 5. The van der Waals surface area contributed by atoms with Gasteiger partial charge in [0.1, 0.15) is 0 Å². The van der Waals surface area contributed by atoms with Crippen LogP contribution in [0.25, 0.3) is 0 Å². The summed E-state index contributed by atoms with van der Waals surface area (Å²) < 4.78 is 0. The molecule has 1 atom stereocenters. The number of benzene rings is 1. The van der Waals surface area contributed by atoms with Crippen LogP contribution in [0.3, 0.4) is 0 Å². The maximum atomic E-state index is 12.3. The Hall–Kier alpha value is -1.35. The molecule has 1 aromatic carbocycles. The molecule has 0 aliphatic heterocycles. The monoisotopic (exact) mass is 286 g/mol. The van der Waals surface area contributed by atoms with E-state index >= 15 is 0 Å². The lowest BCUT2D eigenvalue weighted by atomic mass is 9.77. The van der Waals surface area contributed by atoms with Crippen molar-refractivity contribution in [2.24, 2.45) is 0 Å². The van der Waals surface area contributed by atoms with E-state index in [0.29, 0.717) is 12.3 Å². The summed E-state index contributed by atoms with van der Waals surface area (Å²) in [6.07, 6.45) is 7.77. The SMILES string of the molecule is CNC1(CC(=O)NCC2Cc3ccccc32)CCCCC1. The van der Waals surface area contributed by atoms with Gasteiger partial charge in [0.2, 0.25) is 5.91 Å². The van der Waals surface area contributed by atoms with Crippen molar-refractivity contribution < 1.29 is 4.79 Å². The van der Waals surface area contributed by atoms with E-state index in [1.807, 2.05) is 7.05 Å². The molecule has 0 bridgehead atoms. The van der Waals surface area contributed by atoms with Crippen molar-refractivity contribution in [3.05, 3.63) is 35.4 Å². The second kappa shape index (κ2) is 6.18. The van der Waals surface area contributed by atoms with Crippen LogP contribution in [0.5, 0.6) is 0 Å². The van der Waals surface area contributed by atoms with E-state index < -0.39 is 0 Å². The average Bonchev–Trinajstić information content (AvgIpc) is 2.49. The van der Waals surface area contributed by atoms with Gasteiger partial charge in [0.05, 0.1) is 0 Å². The molecular weight excluding hydrogens is 260 g/mol. The lowest BCUT2D eigenvalue weighted by molar-refractivity contribution is -0.123. The van der Waals surface area contributed by atoms with E-state index in [4.69, 9.17) is 0 Å². The summed E-state index contributed by atoms with van der Waals surface area (Å²) in [5.74, 6) is 0.720. The Kier molecular flexibility index (Phi) is 4.29. The molecule has 2 aliphatic carbocycles. The highest BCUT2D eigenvalue weighted by atomic mass is 16.1. The quantitative estimate of drug-likeness (QED) is 0.874. The minimum absolute atomic E-state index is 0.0415. The molecule has 0 radical (unpaired) electrons. The number of hydrogen-bond donors (Lipinski definition) is 2. The van der Waals surface area contributed by atoms with Crippen molar-refractivity contribution >= 4 is 5.91 Å². The van der Waals surface area contributed by atoms with E-state index in [2.05, 4.69) is 34.9 Å². The Balaban J connectivity index is 1.49. The Labute approximate surface area is 127 Å². The molecule has 1 aromatic rings. The van der Waals surface area contributed by atoms with E-state index in [0.717, 1.165) is 25.8 Å². The normalized spacial score (nSPS) is 23.0. The number of hydrogen-bond acceptors (Lipinski definition) is 2. The molecule has 1 amide bonds. The van der Waals surface area contributed by atoms with Crippen LogP contribution in [0.15, 0.2) is 24.3 Å². The minimum Gasteiger partial charge on any atom is -0.355 e. The van der Waals surface area contributed by atoms with Crippen molar-refractivity contribution in [1.29, 1.82) is 0 Å². The molecule has 0 aromatic heterocycles. The molecule has 2 N–H and O–H groups in total. The summed E-state index contributed by atoms with van der Waals surface area (Å²) in [5.41, 5.74) is 2.90. The highest BCUT2D eigenvalue weighted by Crippen LogP contribution is 2.34. The zero-order valence-corrected chi connectivity index (χ0v) is 13.0. The summed E-state index contributed by atoms with van der Waals surface area (Å²) in [5, 5.41) is 6.57. The van der Waals surface area contributed by atoms with Gasteiger partial charge in [-0.15, -0.1) is 0 Å². The third-order valence-corrected chi connectivity index (χ3v) is 5.35. The molecule has 1 saturated carbocycles. The molecule has 3 rings (SSSR count). The largest absolute Gasteiger partial charge is 0.355 e. The fourth-order valence-corrected chi connectivity index (χ4v) is 3.90. The maximum absolute atomic E-state index is 12.3. The standard InChI is InChI=1S/C18H26N2O/c1-19-18(9-5-2-6-10-18)12-17(21)20-13-15-11-14-7-3-4-8-16(14)15/h3-4,7-8,15,19H,2,5-6,9-13H2,1H3,(H,20,21). The fraction of sp³-hybridized carbons (Fsp3) is 0.611. The molecule has 0 heterocycles. The third kappa shape index (κ3) is 3.13. The Bertz CT molecular complexity index is 506. The predicted octanol–water partition coefficient (Wildman–Crippen LogP) is 2.75. The smallest absolute Gasteiger partial charge is 0.221 e. The molecule has 3 heteroatoms. The molecule has 0 saturated heterocycles. The summed E-state index contributed by atoms with van der Waals surface area (Å²) >= 11 is 0. The number of carbonyl (C=O) groups is 1. The first-order chi connectivity index (χ1) is 10.2. The van der Waals surface area contributed by atoms with Gasteiger partial charge in [-0.2, -0.15) is 0 Å². The van der Waals surface area contributed by atoms with Crippen LogP contribution in [0.1, 0.15) is 55.6 Å². The molecule has 3 nitrogen and oxygen atoms in total. The van der Waals surface area contributed by atoms with E-state index in [1.54, 1.807) is 0 Å². The first-order valence-corrected chi connectivity index (χ1v) is 8.26. The first kappa shape index (κ1) is 14.6. The number of amides is 1. The number of nitrogens with one attached hydrogen (secondary N) is 2. The van der Waals surface area contributed by atoms with E-state index in [1.165, 1.54) is 30.4 Å². The second-order valence-electron chi connectivity index (χ2n) is 6.67. The second-order valence-corrected chi connectivity index (χ2v) is 6.67. The van der Waals surface area contributed by atoms with Crippen LogP contribution in [0.4, 0.5) is 0 Å². The van der Waals surface area contributed by atoms with Crippen LogP contribution in [0.2, 0.25) is 0 Å². The van der Waals surface area contributed by atoms with Crippen molar-refractivity contribution in [1.82, 2.24) is 10.6 Å². The van der Waals surface area contributed by atoms with Gasteiger partial charge in [-0.25, -0.2) is 0 Å². The fourth-order valence-electron chi connectivity index (χ4n) is 3.90. The predicted molar refractivity (Wildman–Crippen MR) is 85.4 cm³/mol. The maximum Gasteiger partial charge on any atom is 0.221 e. The molecule has 1 unspecified atom stereocenters. The van der Waals surface area contributed by atoms with Gasteiger partial charge < -0.3 is 10.6 Å². The van der Waals surface area contributed by atoms with Crippen LogP contribution in [-0.2, 0) is 11.2 Å². The van der Waals surface area contributed by atoms with Gasteiger partial charge >= 0.3 is 0 Å². The highest BCUT2D eigenvalue weighted by molar-refractivity contribution is 5.77. The van der Waals surface area contributed by atoms with Crippen LogP contribution in [-0.4, -0.2) is 25.0 Å². The average molecular weight is 286 g/mol. The lowest BCUT2D eigenvalue weighted by Crippen LogP contribution is -2.48. The van der Waals surface area contributed by atoms with Crippen LogP contribution < -0.4 is 10.6 Å². The zero-order chi connectivity index (χ0) is 14.7. The van der Waals surface area contributed by atoms with Crippen molar-refractivity contribution in [3.8, 4) is 0 Å². The van der Waals surface area contributed by atoms with E-state index in [9.17, 15) is 4.79 Å². The van der Waals surface area contributed by atoms with Crippen molar-refractivity contribution in [3.63, 3.8) is 0 Å².